The summed E-state index contributed by atoms with van der Waals surface area (Å²) in [6, 6.07) is 21.6. The van der Waals surface area contributed by atoms with Crippen LogP contribution in [0.3, 0.4) is 0 Å². The van der Waals surface area contributed by atoms with Crippen molar-refractivity contribution >= 4 is 11.8 Å². The zero-order valence-corrected chi connectivity index (χ0v) is 13.1. The highest BCUT2D eigenvalue weighted by Gasteiger charge is 2.34. The molecule has 1 aliphatic rings. The van der Waals surface area contributed by atoms with E-state index in [9.17, 15) is 0 Å². The van der Waals surface area contributed by atoms with Crippen LogP contribution in [0.25, 0.3) is 0 Å². The summed E-state index contributed by atoms with van der Waals surface area (Å²) in [7, 11) is 0. The van der Waals surface area contributed by atoms with E-state index in [0.717, 1.165) is 18.7 Å². The first kappa shape index (κ1) is 14.6. The van der Waals surface area contributed by atoms with Gasteiger partial charge in [-0.25, -0.2) is 0 Å². The van der Waals surface area contributed by atoms with Gasteiger partial charge in [-0.1, -0.05) is 60.7 Å². The Morgan fingerprint density at radius 1 is 1.05 bits per heavy atom. The molecule has 21 heavy (non-hydrogen) atoms. The molecule has 0 amide bonds. The fraction of sp³-hybridized carbons (Fsp3) is 0.333. The Morgan fingerprint density at radius 3 is 2.38 bits per heavy atom. The molecule has 1 aliphatic heterocycles. The topological polar surface area (TPSA) is 12.5 Å². The van der Waals surface area contributed by atoms with Crippen molar-refractivity contribution in [1.82, 2.24) is 5.06 Å². The average molecular weight is 299 g/mol. The van der Waals surface area contributed by atoms with Gasteiger partial charge in [0.05, 0.1) is 12.1 Å². The summed E-state index contributed by atoms with van der Waals surface area (Å²) in [4.78, 5) is 6.19. The van der Waals surface area contributed by atoms with E-state index in [2.05, 4.69) is 72.0 Å². The van der Waals surface area contributed by atoms with Crippen molar-refractivity contribution < 1.29 is 4.84 Å². The SMILES string of the molecule is CSC[C@@H]1C[C@H](c2ccccc2)N(Cc2ccccc2)O1. The van der Waals surface area contributed by atoms with Crippen LogP contribution in [0.2, 0.25) is 0 Å². The van der Waals surface area contributed by atoms with E-state index in [1.165, 1.54) is 11.1 Å². The van der Waals surface area contributed by atoms with Crippen LogP contribution in [0.1, 0.15) is 23.6 Å². The largest absolute Gasteiger partial charge is 0.294 e. The minimum absolute atomic E-state index is 0.314. The van der Waals surface area contributed by atoms with Crippen LogP contribution >= 0.6 is 11.8 Å². The molecule has 1 heterocycles. The van der Waals surface area contributed by atoms with Crippen LogP contribution in [-0.2, 0) is 11.4 Å². The Bertz CT molecular complexity index is 546. The van der Waals surface area contributed by atoms with Gasteiger partial charge >= 0.3 is 0 Å². The van der Waals surface area contributed by atoms with Crippen molar-refractivity contribution in [1.29, 1.82) is 0 Å². The Kier molecular flexibility index (Phi) is 4.96. The van der Waals surface area contributed by atoms with Crippen LogP contribution in [-0.4, -0.2) is 23.2 Å². The normalized spacial score (nSPS) is 22.5. The lowest BCUT2D eigenvalue weighted by molar-refractivity contribution is -0.165. The molecular weight excluding hydrogens is 278 g/mol. The summed E-state index contributed by atoms with van der Waals surface area (Å²) in [5, 5.41) is 2.16. The maximum absolute atomic E-state index is 6.19. The van der Waals surface area contributed by atoms with Gasteiger partial charge in [0.2, 0.25) is 0 Å². The summed E-state index contributed by atoms with van der Waals surface area (Å²) in [5.74, 6) is 1.05. The number of hydroxylamine groups is 2. The Balaban J connectivity index is 1.78. The average Bonchev–Trinajstić information content (AvgIpc) is 2.92. The van der Waals surface area contributed by atoms with E-state index in [1.807, 2.05) is 11.8 Å². The Hall–Kier alpha value is -1.29. The third-order valence-corrected chi connectivity index (χ3v) is 4.54. The maximum atomic E-state index is 6.19. The van der Waals surface area contributed by atoms with Crippen molar-refractivity contribution in [2.75, 3.05) is 12.0 Å². The lowest BCUT2D eigenvalue weighted by Crippen LogP contribution is -2.22. The number of hydrogen-bond acceptors (Lipinski definition) is 3. The van der Waals surface area contributed by atoms with Gasteiger partial charge in [0.15, 0.2) is 0 Å². The van der Waals surface area contributed by atoms with Crippen molar-refractivity contribution in [3.05, 3.63) is 71.8 Å². The number of thioether (sulfide) groups is 1. The number of hydrogen-bond donors (Lipinski definition) is 0. The van der Waals surface area contributed by atoms with Gasteiger partial charge in [0.25, 0.3) is 0 Å². The molecule has 0 N–H and O–H groups in total. The zero-order valence-electron chi connectivity index (χ0n) is 12.3. The second kappa shape index (κ2) is 7.12. The van der Waals surface area contributed by atoms with Gasteiger partial charge in [-0.05, 0) is 23.8 Å². The molecule has 2 aromatic rings. The standard InChI is InChI=1S/C18H21NOS/c1-21-14-17-12-18(16-10-6-3-7-11-16)19(20-17)13-15-8-4-2-5-9-15/h2-11,17-18H,12-14H2,1H3/t17-,18+/m0/s1. The highest BCUT2D eigenvalue weighted by Crippen LogP contribution is 2.36. The quantitative estimate of drug-likeness (QED) is 0.817. The predicted molar refractivity (Wildman–Crippen MR) is 89.0 cm³/mol. The van der Waals surface area contributed by atoms with Crippen molar-refractivity contribution in [2.45, 2.75) is 25.1 Å². The number of nitrogens with zero attached hydrogens (tertiary/aromatic N) is 1. The molecule has 3 rings (SSSR count). The number of benzene rings is 2. The summed E-state index contributed by atoms with van der Waals surface area (Å²) >= 11 is 1.85. The fourth-order valence-corrected chi connectivity index (χ4v) is 3.42. The lowest BCUT2D eigenvalue weighted by atomic mass is 10.0. The fourth-order valence-electron chi connectivity index (χ4n) is 2.85. The molecule has 1 fully saturated rings. The zero-order chi connectivity index (χ0) is 14.5. The molecule has 110 valence electrons. The van der Waals surface area contributed by atoms with Gasteiger partial charge in [0.1, 0.15) is 0 Å². The van der Waals surface area contributed by atoms with Gasteiger partial charge in [0, 0.05) is 12.3 Å². The van der Waals surface area contributed by atoms with Crippen LogP contribution in [0, 0.1) is 0 Å². The van der Waals surface area contributed by atoms with E-state index >= 15 is 0 Å². The third-order valence-electron chi connectivity index (χ3n) is 3.84. The van der Waals surface area contributed by atoms with Crippen molar-refractivity contribution in [2.24, 2.45) is 0 Å². The van der Waals surface area contributed by atoms with Crippen LogP contribution in [0.5, 0.6) is 0 Å². The highest BCUT2D eigenvalue weighted by molar-refractivity contribution is 7.98. The smallest absolute Gasteiger partial charge is 0.0902 e. The second-order valence-electron chi connectivity index (χ2n) is 5.41. The summed E-state index contributed by atoms with van der Waals surface area (Å²) < 4.78 is 0. The minimum Gasteiger partial charge on any atom is -0.294 e. The molecule has 2 aromatic carbocycles. The van der Waals surface area contributed by atoms with Crippen molar-refractivity contribution in [3.8, 4) is 0 Å². The van der Waals surface area contributed by atoms with E-state index in [4.69, 9.17) is 4.84 Å². The van der Waals surface area contributed by atoms with Gasteiger partial charge in [-0.3, -0.25) is 4.84 Å². The third kappa shape index (κ3) is 3.67. The molecule has 2 atom stereocenters. The molecule has 0 aliphatic carbocycles. The van der Waals surface area contributed by atoms with Gasteiger partial charge in [-0.2, -0.15) is 16.8 Å². The molecule has 0 spiro atoms. The molecule has 1 saturated heterocycles. The molecule has 0 unspecified atom stereocenters. The first-order valence-corrected chi connectivity index (χ1v) is 8.77. The molecule has 0 radical (unpaired) electrons. The molecule has 0 saturated carbocycles. The second-order valence-corrected chi connectivity index (χ2v) is 6.32. The summed E-state index contributed by atoms with van der Waals surface area (Å²) in [6.45, 7) is 0.839. The number of rotatable bonds is 5. The van der Waals surface area contributed by atoms with Gasteiger partial charge < -0.3 is 0 Å². The van der Waals surface area contributed by atoms with E-state index < -0.39 is 0 Å². The maximum Gasteiger partial charge on any atom is 0.0902 e. The Labute approximate surface area is 131 Å². The predicted octanol–water partition coefficient (Wildman–Crippen LogP) is 4.30. The minimum atomic E-state index is 0.314. The van der Waals surface area contributed by atoms with E-state index in [-0.39, 0.29) is 0 Å². The highest BCUT2D eigenvalue weighted by atomic mass is 32.2. The lowest BCUT2D eigenvalue weighted by Gasteiger charge is -2.23. The molecular formula is C18H21NOS. The first-order valence-electron chi connectivity index (χ1n) is 7.38. The van der Waals surface area contributed by atoms with E-state index in [0.29, 0.717) is 12.1 Å². The summed E-state index contributed by atoms with van der Waals surface area (Å²) in [5.41, 5.74) is 2.64. The van der Waals surface area contributed by atoms with E-state index in [1.54, 1.807) is 0 Å². The van der Waals surface area contributed by atoms with Crippen LogP contribution in [0.15, 0.2) is 60.7 Å². The first-order chi connectivity index (χ1) is 10.4. The molecule has 0 bridgehead atoms. The monoisotopic (exact) mass is 299 g/mol. The molecule has 0 aromatic heterocycles. The van der Waals surface area contributed by atoms with Gasteiger partial charge in [-0.15, -0.1) is 0 Å². The van der Waals surface area contributed by atoms with Crippen LogP contribution in [0.4, 0.5) is 0 Å². The molecule has 3 heteroatoms. The van der Waals surface area contributed by atoms with Crippen LogP contribution < -0.4 is 0 Å². The Morgan fingerprint density at radius 2 is 1.71 bits per heavy atom. The van der Waals surface area contributed by atoms with Crippen molar-refractivity contribution in [3.63, 3.8) is 0 Å². The molecule has 2 nitrogen and oxygen atoms in total. The summed E-state index contributed by atoms with van der Waals surface area (Å²) in [6.07, 6.45) is 3.52.